The maximum atomic E-state index is 12.4. The monoisotopic (exact) mass is 457 g/mol. The van der Waals surface area contributed by atoms with Crippen LogP contribution >= 0.6 is 27.7 Å². The fraction of sp³-hybridized carbons (Fsp3) is 0.389. The third-order valence-electron chi connectivity index (χ3n) is 3.83. The first-order valence-electron chi connectivity index (χ1n) is 8.17. The molecule has 2 rings (SSSR count). The number of carbonyl (C=O) groups excluding carboxylic acids is 3. The average Bonchev–Trinajstić information content (AvgIpc) is 2.90. The normalized spacial score (nSPS) is 16.6. The van der Waals surface area contributed by atoms with Gasteiger partial charge in [-0.2, -0.15) is 0 Å². The third-order valence-corrected chi connectivity index (χ3v) is 5.33. The van der Waals surface area contributed by atoms with Gasteiger partial charge in [-0.05, 0) is 64.8 Å². The van der Waals surface area contributed by atoms with E-state index in [2.05, 4.69) is 20.7 Å². The predicted molar refractivity (Wildman–Crippen MR) is 106 cm³/mol. The van der Waals surface area contributed by atoms with Gasteiger partial charge in [-0.15, -0.1) is 0 Å². The van der Waals surface area contributed by atoms with E-state index in [1.165, 1.54) is 14.2 Å². The lowest BCUT2D eigenvalue weighted by atomic mass is 10.1. The molecular weight excluding hydrogens is 438 g/mol. The molecule has 0 N–H and O–H groups in total. The number of rotatable bonds is 7. The van der Waals surface area contributed by atoms with Crippen LogP contribution in [0.4, 0.5) is 4.79 Å². The van der Waals surface area contributed by atoms with Gasteiger partial charge in [-0.1, -0.05) is 6.92 Å². The predicted octanol–water partition coefficient (Wildman–Crippen LogP) is 3.84. The van der Waals surface area contributed by atoms with E-state index in [4.69, 9.17) is 9.47 Å². The lowest BCUT2D eigenvalue weighted by Crippen LogP contribution is -2.34. The highest BCUT2D eigenvalue weighted by molar-refractivity contribution is 9.10. The van der Waals surface area contributed by atoms with Gasteiger partial charge in [-0.25, -0.2) is 0 Å². The molecule has 7 nitrogen and oxygen atoms in total. The van der Waals surface area contributed by atoms with Crippen LogP contribution in [0.5, 0.6) is 11.5 Å². The van der Waals surface area contributed by atoms with Crippen molar-refractivity contribution in [2.75, 3.05) is 20.8 Å². The van der Waals surface area contributed by atoms with Gasteiger partial charge >= 0.3 is 5.97 Å². The smallest absolute Gasteiger partial charge is 0.325 e. The number of methoxy groups -OCH3 is 2. The number of hydrogen-bond donors (Lipinski definition) is 0. The number of amides is 2. The molecule has 0 radical (unpaired) electrons. The van der Waals surface area contributed by atoms with Crippen LogP contribution in [0.2, 0.25) is 0 Å². The number of benzene rings is 1. The van der Waals surface area contributed by atoms with Crippen molar-refractivity contribution in [3.05, 3.63) is 27.1 Å². The standard InChI is InChI=1S/C18H20BrNO6S/c1-5-10(2)26-16-12(19)6-11(7-13(16)24-3)8-14-17(22)20(18(23)27-14)9-15(21)25-4/h6-8,10H,5,9H2,1-4H3/b14-8+/t10-/m0/s1. The number of esters is 1. The lowest BCUT2D eigenvalue weighted by Gasteiger charge is -2.17. The van der Waals surface area contributed by atoms with Crippen molar-refractivity contribution in [3.8, 4) is 11.5 Å². The molecule has 2 amide bonds. The van der Waals surface area contributed by atoms with Gasteiger partial charge in [0, 0.05) is 0 Å². The van der Waals surface area contributed by atoms with Crippen molar-refractivity contribution in [2.24, 2.45) is 0 Å². The zero-order valence-electron chi connectivity index (χ0n) is 15.4. The molecule has 1 saturated heterocycles. The van der Waals surface area contributed by atoms with Crippen LogP contribution in [0.15, 0.2) is 21.5 Å². The van der Waals surface area contributed by atoms with E-state index in [0.29, 0.717) is 21.5 Å². The Balaban J connectivity index is 2.31. The highest BCUT2D eigenvalue weighted by Crippen LogP contribution is 2.39. The molecule has 146 valence electrons. The van der Waals surface area contributed by atoms with Crippen molar-refractivity contribution < 1.29 is 28.6 Å². The molecule has 27 heavy (non-hydrogen) atoms. The van der Waals surface area contributed by atoms with Crippen LogP contribution in [0, 0.1) is 0 Å². The summed E-state index contributed by atoms with van der Waals surface area (Å²) >= 11 is 4.23. The average molecular weight is 458 g/mol. The fourth-order valence-electron chi connectivity index (χ4n) is 2.20. The second-order valence-electron chi connectivity index (χ2n) is 5.71. The van der Waals surface area contributed by atoms with Crippen molar-refractivity contribution in [2.45, 2.75) is 26.4 Å². The van der Waals surface area contributed by atoms with Crippen LogP contribution in [0.25, 0.3) is 6.08 Å². The summed E-state index contributed by atoms with van der Waals surface area (Å²) in [5, 5.41) is -0.514. The molecule has 0 unspecified atom stereocenters. The summed E-state index contributed by atoms with van der Waals surface area (Å²) in [7, 11) is 2.73. The molecule has 1 aliphatic heterocycles. The number of hydrogen-bond acceptors (Lipinski definition) is 7. The van der Waals surface area contributed by atoms with Crippen LogP contribution in [0.3, 0.4) is 0 Å². The third kappa shape index (κ3) is 5.04. The summed E-state index contributed by atoms with van der Waals surface area (Å²) in [5.41, 5.74) is 0.652. The minimum absolute atomic E-state index is 0.0101. The second kappa shape index (κ2) is 9.27. The van der Waals surface area contributed by atoms with Gasteiger partial charge in [0.25, 0.3) is 11.1 Å². The van der Waals surface area contributed by atoms with E-state index >= 15 is 0 Å². The Morgan fingerprint density at radius 1 is 1.33 bits per heavy atom. The Kier molecular flexibility index (Phi) is 7.32. The lowest BCUT2D eigenvalue weighted by molar-refractivity contribution is -0.143. The minimum Gasteiger partial charge on any atom is -0.493 e. The van der Waals surface area contributed by atoms with Crippen molar-refractivity contribution >= 4 is 50.9 Å². The number of carbonyl (C=O) groups is 3. The SMILES string of the molecule is CC[C@H](C)Oc1c(Br)cc(/C=C2/SC(=O)N(CC(=O)OC)C2=O)cc1OC. The van der Waals surface area contributed by atoms with Crippen LogP contribution in [-0.2, 0) is 14.3 Å². The van der Waals surface area contributed by atoms with Gasteiger partial charge in [0.2, 0.25) is 0 Å². The first-order chi connectivity index (χ1) is 12.8. The number of thioether (sulfide) groups is 1. The molecule has 1 heterocycles. The fourth-order valence-corrected chi connectivity index (χ4v) is 3.59. The summed E-state index contributed by atoms with van der Waals surface area (Å²) in [6, 6.07) is 3.49. The number of nitrogens with zero attached hydrogens (tertiary/aromatic N) is 1. The molecular formula is C18H20BrNO6S. The zero-order chi connectivity index (χ0) is 20.1. The molecule has 9 heteroatoms. The largest absolute Gasteiger partial charge is 0.493 e. The summed E-state index contributed by atoms with van der Waals surface area (Å²) in [5.74, 6) is -0.118. The Hall–Kier alpha value is -2.00. The maximum Gasteiger partial charge on any atom is 0.325 e. The van der Waals surface area contributed by atoms with E-state index in [1.807, 2.05) is 13.8 Å². The van der Waals surface area contributed by atoms with Crippen molar-refractivity contribution in [1.29, 1.82) is 0 Å². The topological polar surface area (TPSA) is 82.1 Å². The summed E-state index contributed by atoms with van der Waals surface area (Å²) in [6.45, 7) is 3.56. The van der Waals surface area contributed by atoms with Gasteiger partial charge in [-0.3, -0.25) is 19.3 Å². The molecule has 0 bridgehead atoms. The zero-order valence-corrected chi connectivity index (χ0v) is 17.8. The molecule has 1 aliphatic rings. The first-order valence-corrected chi connectivity index (χ1v) is 9.78. The molecule has 1 fully saturated rings. The van der Waals surface area contributed by atoms with Crippen molar-refractivity contribution in [3.63, 3.8) is 0 Å². The van der Waals surface area contributed by atoms with E-state index in [1.54, 1.807) is 18.2 Å². The quantitative estimate of drug-likeness (QED) is 0.454. The minimum atomic E-state index is -0.658. The Morgan fingerprint density at radius 2 is 2.04 bits per heavy atom. The summed E-state index contributed by atoms with van der Waals surface area (Å²) in [4.78, 5) is 36.8. The highest BCUT2D eigenvalue weighted by atomic mass is 79.9. The van der Waals surface area contributed by atoms with Crippen LogP contribution < -0.4 is 9.47 Å². The van der Waals surface area contributed by atoms with E-state index in [-0.39, 0.29) is 11.0 Å². The Labute approximate surface area is 170 Å². The number of ether oxygens (including phenoxy) is 3. The number of halogens is 1. The summed E-state index contributed by atoms with van der Waals surface area (Å²) < 4.78 is 16.5. The van der Waals surface area contributed by atoms with E-state index in [0.717, 1.165) is 23.1 Å². The van der Waals surface area contributed by atoms with Crippen LogP contribution in [0.1, 0.15) is 25.8 Å². The molecule has 0 aromatic heterocycles. The van der Waals surface area contributed by atoms with Gasteiger partial charge in [0.05, 0.1) is 29.7 Å². The van der Waals surface area contributed by atoms with Crippen LogP contribution in [-0.4, -0.2) is 48.9 Å². The Bertz CT molecular complexity index is 794. The number of imide groups is 1. The van der Waals surface area contributed by atoms with Gasteiger partial charge in [0.1, 0.15) is 6.54 Å². The van der Waals surface area contributed by atoms with Crippen molar-refractivity contribution in [1.82, 2.24) is 4.90 Å². The Morgan fingerprint density at radius 3 is 2.63 bits per heavy atom. The van der Waals surface area contributed by atoms with E-state index in [9.17, 15) is 14.4 Å². The molecule has 1 aromatic rings. The van der Waals surface area contributed by atoms with Gasteiger partial charge in [0.15, 0.2) is 11.5 Å². The first kappa shape index (κ1) is 21.3. The molecule has 0 saturated carbocycles. The maximum absolute atomic E-state index is 12.4. The van der Waals surface area contributed by atoms with E-state index < -0.39 is 23.7 Å². The summed E-state index contributed by atoms with van der Waals surface area (Å²) in [6.07, 6.45) is 2.42. The molecule has 1 atom stereocenters. The molecule has 0 aliphatic carbocycles. The molecule has 1 aromatic carbocycles. The van der Waals surface area contributed by atoms with Gasteiger partial charge < -0.3 is 14.2 Å². The highest BCUT2D eigenvalue weighted by Gasteiger charge is 2.36. The second-order valence-corrected chi connectivity index (χ2v) is 7.56. The molecule has 0 spiro atoms.